The van der Waals surface area contributed by atoms with Gasteiger partial charge in [-0.05, 0) is 64.6 Å². The Labute approximate surface area is 138 Å². The fourth-order valence-electron chi connectivity index (χ4n) is 2.35. The van der Waals surface area contributed by atoms with Gasteiger partial charge in [0.15, 0.2) is 0 Å². The maximum atomic E-state index is 5.98. The standard InChI is InChI=1S/C16H21BrN2OS/c1-3-20-14-6-4-13(5-7-14)15(9-18)19(2)10-12-8-16(17)21-11-12/h4-8,11,15H,3,9-10,18H2,1-2H3. The third-order valence-corrected chi connectivity index (χ3v) is 4.94. The lowest BCUT2D eigenvalue weighted by Crippen LogP contribution is -2.30. The monoisotopic (exact) mass is 368 g/mol. The van der Waals surface area contributed by atoms with E-state index in [0.29, 0.717) is 13.2 Å². The molecular formula is C16H21BrN2OS. The molecule has 1 heterocycles. The Bertz CT molecular complexity index is 556. The van der Waals surface area contributed by atoms with Crippen molar-refractivity contribution in [1.29, 1.82) is 0 Å². The predicted octanol–water partition coefficient (Wildman–Crippen LogP) is 4.04. The first-order valence-electron chi connectivity index (χ1n) is 7.00. The first-order chi connectivity index (χ1) is 10.1. The van der Waals surface area contributed by atoms with E-state index in [0.717, 1.165) is 16.1 Å². The van der Waals surface area contributed by atoms with Gasteiger partial charge < -0.3 is 10.5 Å². The predicted molar refractivity (Wildman–Crippen MR) is 92.9 cm³/mol. The van der Waals surface area contributed by atoms with Gasteiger partial charge in [-0.3, -0.25) is 4.90 Å². The van der Waals surface area contributed by atoms with E-state index < -0.39 is 0 Å². The number of likely N-dealkylation sites (N-methyl/N-ethyl adjacent to an activating group) is 1. The number of hydrogen-bond acceptors (Lipinski definition) is 4. The Morgan fingerprint density at radius 1 is 1.33 bits per heavy atom. The van der Waals surface area contributed by atoms with Crippen molar-refractivity contribution in [3.05, 3.63) is 50.6 Å². The van der Waals surface area contributed by atoms with Gasteiger partial charge in [0.2, 0.25) is 0 Å². The van der Waals surface area contributed by atoms with Crippen LogP contribution in [0.3, 0.4) is 0 Å². The third kappa shape index (κ3) is 4.54. The molecule has 0 spiro atoms. The van der Waals surface area contributed by atoms with Crippen molar-refractivity contribution in [2.45, 2.75) is 19.5 Å². The van der Waals surface area contributed by atoms with Gasteiger partial charge in [0, 0.05) is 19.1 Å². The van der Waals surface area contributed by atoms with Gasteiger partial charge in [0.1, 0.15) is 5.75 Å². The maximum Gasteiger partial charge on any atom is 0.119 e. The zero-order valence-electron chi connectivity index (χ0n) is 12.4. The third-order valence-electron chi connectivity index (χ3n) is 3.38. The van der Waals surface area contributed by atoms with Crippen molar-refractivity contribution < 1.29 is 4.74 Å². The lowest BCUT2D eigenvalue weighted by molar-refractivity contribution is 0.242. The van der Waals surface area contributed by atoms with Crippen molar-refractivity contribution in [3.8, 4) is 5.75 Å². The minimum absolute atomic E-state index is 0.208. The topological polar surface area (TPSA) is 38.5 Å². The highest BCUT2D eigenvalue weighted by molar-refractivity contribution is 9.11. The number of hydrogen-bond donors (Lipinski definition) is 1. The first-order valence-corrected chi connectivity index (χ1v) is 8.67. The summed E-state index contributed by atoms with van der Waals surface area (Å²) < 4.78 is 6.65. The number of nitrogens with zero attached hydrogens (tertiary/aromatic N) is 1. The normalized spacial score (nSPS) is 12.6. The molecule has 114 valence electrons. The summed E-state index contributed by atoms with van der Waals surface area (Å²) in [6.45, 7) is 4.16. The van der Waals surface area contributed by atoms with Crippen molar-refractivity contribution in [2.24, 2.45) is 5.73 Å². The average Bonchev–Trinajstić information content (AvgIpc) is 2.87. The fraction of sp³-hybridized carbons (Fsp3) is 0.375. The summed E-state index contributed by atoms with van der Waals surface area (Å²) in [5.41, 5.74) is 8.51. The summed E-state index contributed by atoms with van der Waals surface area (Å²) in [6, 6.07) is 10.6. The van der Waals surface area contributed by atoms with Crippen LogP contribution >= 0.6 is 27.3 Å². The molecule has 2 N–H and O–H groups in total. The quantitative estimate of drug-likeness (QED) is 0.801. The molecular weight excluding hydrogens is 348 g/mol. The molecule has 1 aromatic heterocycles. The van der Waals surface area contributed by atoms with Crippen LogP contribution < -0.4 is 10.5 Å². The number of benzene rings is 1. The van der Waals surface area contributed by atoms with Gasteiger partial charge >= 0.3 is 0 Å². The van der Waals surface area contributed by atoms with Crippen LogP contribution in [-0.4, -0.2) is 25.1 Å². The summed E-state index contributed by atoms with van der Waals surface area (Å²) in [6.07, 6.45) is 0. The van der Waals surface area contributed by atoms with E-state index >= 15 is 0 Å². The number of ether oxygens (including phenoxy) is 1. The molecule has 1 aromatic carbocycles. The summed E-state index contributed by atoms with van der Waals surface area (Å²) in [7, 11) is 2.11. The second-order valence-corrected chi connectivity index (χ2v) is 7.22. The maximum absolute atomic E-state index is 5.98. The highest BCUT2D eigenvalue weighted by atomic mass is 79.9. The van der Waals surface area contributed by atoms with Gasteiger partial charge in [-0.1, -0.05) is 12.1 Å². The van der Waals surface area contributed by atoms with Crippen molar-refractivity contribution in [3.63, 3.8) is 0 Å². The molecule has 1 atom stereocenters. The van der Waals surface area contributed by atoms with Crippen LogP contribution in [0, 0.1) is 0 Å². The van der Waals surface area contributed by atoms with Gasteiger partial charge in [-0.2, -0.15) is 0 Å². The van der Waals surface area contributed by atoms with Crippen molar-refractivity contribution in [2.75, 3.05) is 20.2 Å². The summed E-state index contributed by atoms with van der Waals surface area (Å²) in [5.74, 6) is 0.904. The molecule has 0 aliphatic rings. The van der Waals surface area contributed by atoms with Crippen LogP contribution in [0.1, 0.15) is 24.1 Å². The van der Waals surface area contributed by atoms with E-state index in [4.69, 9.17) is 10.5 Å². The van der Waals surface area contributed by atoms with E-state index in [1.54, 1.807) is 11.3 Å². The molecule has 0 saturated carbocycles. The average molecular weight is 369 g/mol. The largest absolute Gasteiger partial charge is 0.494 e. The van der Waals surface area contributed by atoms with E-state index in [9.17, 15) is 0 Å². The summed E-state index contributed by atoms with van der Waals surface area (Å²) in [4.78, 5) is 2.28. The number of nitrogens with two attached hydrogens (primary N) is 1. The van der Waals surface area contributed by atoms with Crippen LogP contribution in [-0.2, 0) is 6.54 Å². The minimum Gasteiger partial charge on any atom is -0.494 e. The van der Waals surface area contributed by atoms with E-state index in [1.807, 2.05) is 19.1 Å². The Morgan fingerprint density at radius 3 is 2.57 bits per heavy atom. The van der Waals surface area contributed by atoms with Crippen LogP contribution in [0.25, 0.3) is 0 Å². The second-order valence-electron chi connectivity index (χ2n) is 4.93. The second kappa shape index (κ2) is 7.94. The van der Waals surface area contributed by atoms with Crippen LogP contribution in [0.2, 0.25) is 0 Å². The zero-order valence-corrected chi connectivity index (χ0v) is 14.8. The number of thiophene rings is 1. The van der Waals surface area contributed by atoms with Crippen LogP contribution in [0.4, 0.5) is 0 Å². The smallest absolute Gasteiger partial charge is 0.119 e. The van der Waals surface area contributed by atoms with Crippen molar-refractivity contribution in [1.82, 2.24) is 4.90 Å². The highest BCUT2D eigenvalue weighted by Gasteiger charge is 2.16. The number of halogens is 1. The SMILES string of the molecule is CCOc1ccc(C(CN)N(C)Cc2csc(Br)c2)cc1. The summed E-state index contributed by atoms with van der Waals surface area (Å²) >= 11 is 5.22. The molecule has 21 heavy (non-hydrogen) atoms. The lowest BCUT2D eigenvalue weighted by Gasteiger charge is -2.27. The van der Waals surface area contributed by atoms with Gasteiger partial charge in [0.05, 0.1) is 10.4 Å². The molecule has 3 nitrogen and oxygen atoms in total. The Hall–Kier alpha value is -0.880. The molecule has 0 bridgehead atoms. The van der Waals surface area contributed by atoms with Gasteiger partial charge in [-0.25, -0.2) is 0 Å². The van der Waals surface area contributed by atoms with E-state index in [2.05, 4.69) is 51.5 Å². The number of rotatable bonds is 7. The molecule has 0 amide bonds. The molecule has 1 unspecified atom stereocenters. The molecule has 0 radical (unpaired) electrons. The molecule has 0 fully saturated rings. The lowest BCUT2D eigenvalue weighted by atomic mass is 10.1. The first kappa shape index (κ1) is 16.5. The zero-order chi connectivity index (χ0) is 15.2. The molecule has 5 heteroatoms. The summed E-state index contributed by atoms with van der Waals surface area (Å²) in [5, 5.41) is 2.17. The van der Waals surface area contributed by atoms with E-state index in [-0.39, 0.29) is 6.04 Å². The molecule has 2 rings (SSSR count). The highest BCUT2D eigenvalue weighted by Crippen LogP contribution is 2.26. The molecule has 2 aromatic rings. The van der Waals surface area contributed by atoms with Gasteiger partial charge in [-0.15, -0.1) is 11.3 Å². The molecule has 0 aliphatic carbocycles. The Balaban J connectivity index is 2.07. The van der Waals surface area contributed by atoms with Gasteiger partial charge in [0.25, 0.3) is 0 Å². The minimum atomic E-state index is 0.208. The van der Waals surface area contributed by atoms with Crippen LogP contribution in [0.5, 0.6) is 5.75 Å². The fourth-order valence-corrected chi connectivity index (χ4v) is 3.55. The van der Waals surface area contributed by atoms with Crippen molar-refractivity contribution >= 4 is 27.3 Å². The Kier molecular flexibility index (Phi) is 6.23. The van der Waals surface area contributed by atoms with Crippen LogP contribution in [0.15, 0.2) is 39.5 Å². The Morgan fingerprint density at radius 2 is 2.05 bits per heavy atom. The molecule has 0 saturated heterocycles. The van der Waals surface area contributed by atoms with E-state index in [1.165, 1.54) is 11.1 Å². The molecule has 0 aliphatic heterocycles.